The number of hydrogen-bond donors (Lipinski definition) is 2. The van der Waals surface area contributed by atoms with Gasteiger partial charge in [-0.1, -0.05) is 19.1 Å². The lowest BCUT2D eigenvalue weighted by Gasteiger charge is -2.20. The van der Waals surface area contributed by atoms with Gasteiger partial charge in [0.05, 0.1) is 11.4 Å². The maximum absolute atomic E-state index is 11.9. The number of nitrogens with zero attached hydrogens (tertiary/aromatic N) is 1. The normalized spacial score (nSPS) is 20.0. The van der Waals surface area contributed by atoms with Gasteiger partial charge in [0.1, 0.15) is 0 Å². The zero-order chi connectivity index (χ0) is 16.2. The fourth-order valence-electron chi connectivity index (χ4n) is 2.68. The molecule has 1 aliphatic heterocycles. The second-order valence-corrected chi connectivity index (χ2v) is 8.09. The zero-order valence-electron chi connectivity index (χ0n) is 13.3. The summed E-state index contributed by atoms with van der Waals surface area (Å²) in [5.41, 5.74) is 1.89. The minimum atomic E-state index is -3.11. The molecule has 1 heterocycles. The molecule has 1 aromatic carbocycles. The number of nitrogens with one attached hydrogen (secondary N) is 1. The Morgan fingerprint density at radius 1 is 1.27 bits per heavy atom. The minimum Gasteiger partial charge on any atom is -0.396 e. The average Bonchev–Trinajstić information content (AvgIpc) is 2.85. The van der Waals surface area contributed by atoms with Gasteiger partial charge in [0.25, 0.3) is 0 Å². The van der Waals surface area contributed by atoms with Crippen molar-refractivity contribution >= 4 is 15.7 Å². The van der Waals surface area contributed by atoms with E-state index < -0.39 is 10.0 Å². The first-order valence-corrected chi connectivity index (χ1v) is 9.49. The van der Waals surface area contributed by atoms with Crippen molar-refractivity contribution in [3.8, 4) is 0 Å². The second kappa shape index (κ2) is 7.44. The summed E-state index contributed by atoms with van der Waals surface area (Å²) < 4.78 is 25.3. The summed E-state index contributed by atoms with van der Waals surface area (Å²) in [6, 6.07) is 7.93. The van der Waals surface area contributed by atoms with E-state index in [9.17, 15) is 8.42 Å². The molecule has 5 nitrogen and oxygen atoms in total. The topological polar surface area (TPSA) is 69.6 Å². The quantitative estimate of drug-likeness (QED) is 0.803. The highest BCUT2D eigenvalue weighted by molar-refractivity contribution is 7.93. The van der Waals surface area contributed by atoms with Crippen molar-refractivity contribution in [1.29, 1.82) is 0 Å². The Balaban J connectivity index is 1.97. The molecule has 0 aliphatic carbocycles. The van der Waals surface area contributed by atoms with Gasteiger partial charge < -0.3 is 10.4 Å². The summed E-state index contributed by atoms with van der Waals surface area (Å²) in [6.07, 6.45) is 1.50. The molecule has 0 spiro atoms. The molecule has 1 aliphatic rings. The smallest absolute Gasteiger partial charge is 0.235 e. The van der Waals surface area contributed by atoms with Gasteiger partial charge in [0, 0.05) is 19.2 Å². The number of benzene rings is 1. The van der Waals surface area contributed by atoms with Gasteiger partial charge in [0.2, 0.25) is 10.0 Å². The molecule has 2 unspecified atom stereocenters. The maximum atomic E-state index is 11.9. The lowest BCUT2D eigenvalue weighted by atomic mass is 10.1. The van der Waals surface area contributed by atoms with Gasteiger partial charge in [-0.2, -0.15) is 0 Å². The highest BCUT2D eigenvalue weighted by Gasteiger charge is 2.28. The standard InChI is InChI=1S/C16H26N2O3S/c1-13(8-10-19)12-17-14(2)15-4-6-16(7-5-15)18-9-3-11-22(18,20)21/h4-7,13-14,17,19H,3,8-12H2,1-2H3. The van der Waals surface area contributed by atoms with Crippen molar-refractivity contribution in [3.05, 3.63) is 29.8 Å². The lowest BCUT2D eigenvalue weighted by Crippen LogP contribution is -2.26. The zero-order valence-corrected chi connectivity index (χ0v) is 14.1. The third kappa shape index (κ3) is 4.21. The van der Waals surface area contributed by atoms with E-state index >= 15 is 0 Å². The summed E-state index contributed by atoms with van der Waals surface area (Å²) in [4.78, 5) is 0. The first-order chi connectivity index (χ1) is 10.4. The van der Waals surface area contributed by atoms with Crippen LogP contribution in [0.2, 0.25) is 0 Å². The second-order valence-electron chi connectivity index (χ2n) is 6.08. The van der Waals surface area contributed by atoms with Crippen LogP contribution >= 0.6 is 0 Å². The molecule has 1 fully saturated rings. The largest absolute Gasteiger partial charge is 0.396 e. The van der Waals surface area contributed by atoms with Gasteiger partial charge >= 0.3 is 0 Å². The van der Waals surface area contributed by atoms with Gasteiger partial charge in [-0.25, -0.2) is 8.42 Å². The molecule has 2 N–H and O–H groups in total. The van der Waals surface area contributed by atoms with E-state index in [-0.39, 0.29) is 18.4 Å². The molecule has 0 aromatic heterocycles. The van der Waals surface area contributed by atoms with Crippen LogP contribution in [-0.2, 0) is 10.0 Å². The van der Waals surface area contributed by atoms with Crippen molar-refractivity contribution in [2.45, 2.75) is 32.7 Å². The summed E-state index contributed by atoms with van der Waals surface area (Å²) in [5, 5.41) is 12.4. The van der Waals surface area contributed by atoms with Crippen LogP contribution < -0.4 is 9.62 Å². The summed E-state index contributed by atoms with van der Waals surface area (Å²) in [5.74, 6) is 0.677. The molecule has 22 heavy (non-hydrogen) atoms. The van der Waals surface area contributed by atoms with Crippen LogP contribution in [0, 0.1) is 5.92 Å². The molecule has 2 rings (SSSR count). The van der Waals surface area contributed by atoms with Crippen LogP contribution in [-0.4, -0.2) is 39.0 Å². The average molecular weight is 326 g/mol. The number of anilines is 1. The Labute approximate surface area is 133 Å². The molecule has 0 bridgehead atoms. The molecule has 2 atom stereocenters. The van der Waals surface area contributed by atoms with Gasteiger partial charge in [-0.15, -0.1) is 0 Å². The predicted molar refractivity (Wildman–Crippen MR) is 89.5 cm³/mol. The van der Waals surface area contributed by atoms with Crippen molar-refractivity contribution in [2.75, 3.05) is 29.8 Å². The first kappa shape index (κ1) is 17.2. The molecule has 124 valence electrons. The van der Waals surface area contributed by atoms with Crippen LogP contribution in [0.5, 0.6) is 0 Å². The van der Waals surface area contributed by atoms with Crippen LogP contribution in [0.15, 0.2) is 24.3 Å². The molecule has 0 amide bonds. The molecule has 1 aromatic rings. The maximum Gasteiger partial charge on any atom is 0.235 e. The SMILES string of the molecule is CC(CCO)CNC(C)c1ccc(N2CCCS2(=O)=O)cc1. The van der Waals surface area contributed by atoms with Crippen molar-refractivity contribution < 1.29 is 13.5 Å². The third-order valence-corrected chi connectivity index (χ3v) is 6.04. The minimum absolute atomic E-state index is 0.199. The number of aliphatic hydroxyl groups is 1. The van der Waals surface area contributed by atoms with Gasteiger partial charge in [-0.05, 0) is 49.9 Å². The van der Waals surface area contributed by atoms with Crippen molar-refractivity contribution in [2.24, 2.45) is 5.92 Å². The van der Waals surface area contributed by atoms with Crippen LogP contribution in [0.3, 0.4) is 0 Å². The molecular formula is C16H26N2O3S. The third-order valence-electron chi connectivity index (χ3n) is 4.17. The Kier molecular flexibility index (Phi) is 5.83. The fourth-order valence-corrected chi connectivity index (χ4v) is 4.24. The van der Waals surface area contributed by atoms with E-state index in [4.69, 9.17) is 5.11 Å². The number of aliphatic hydroxyl groups excluding tert-OH is 1. The lowest BCUT2D eigenvalue weighted by molar-refractivity contribution is 0.258. The highest BCUT2D eigenvalue weighted by atomic mass is 32.2. The molecule has 6 heteroatoms. The Hall–Kier alpha value is -1.11. The molecule has 0 radical (unpaired) electrons. The summed E-state index contributed by atoms with van der Waals surface area (Å²) in [6.45, 7) is 5.85. The number of rotatable bonds is 7. The first-order valence-electron chi connectivity index (χ1n) is 7.88. The van der Waals surface area contributed by atoms with Crippen LogP contribution in [0.4, 0.5) is 5.69 Å². The van der Waals surface area contributed by atoms with Crippen molar-refractivity contribution in [3.63, 3.8) is 0 Å². The monoisotopic (exact) mass is 326 g/mol. The van der Waals surface area contributed by atoms with Crippen molar-refractivity contribution in [1.82, 2.24) is 5.32 Å². The van der Waals surface area contributed by atoms with E-state index in [0.29, 0.717) is 18.9 Å². The van der Waals surface area contributed by atoms with Crippen LogP contribution in [0.25, 0.3) is 0 Å². The number of sulfonamides is 1. The number of hydrogen-bond acceptors (Lipinski definition) is 4. The van der Waals surface area contributed by atoms with E-state index in [0.717, 1.165) is 24.2 Å². The Bertz CT molecular complexity index is 572. The van der Waals surface area contributed by atoms with E-state index in [1.807, 2.05) is 24.3 Å². The van der Waals surface area contributed by atoms with Gasteiger partial charge in [0.15, 0.2) is 0 Å². The molecule has 0 saturated carbocycles. The van der Waals surface area contributed by atoms with Crippen LogP contribution in [0.1, 0.15) is 38.3 Å². The predicted octanol–water partition coefficient (Wildman–Crippen LogP) is 1.90. The van der Waals surface area contributed by atoms with E-state index in [1.54, 1.807) is 0 Å². The Morgan fingerprint density at radius 3 is 2.50 bits per heavy atom. The summed E-state index contributed by atoms with van der Waals surface area (Å²) in [7, 11) is -3.11. The summed E-state index contributed by atoms with van der Waals surface area (Å²) >= 11 is 0. The van der Waals surface area contributed by atoms with Gasteiger partial charge in [-0.3, -0.25) is 4.31 Å². The molecular weight excluding hydrogens is 300 g/mol. The van der Waals surface area contributed by atoms with E-state index in [1.165, 1.54) is 4.31 Å². The van der Waals surface area contributed by atoms with E-state index in [2.05, 4.69) is 19.2 Å². The highest BCUT2D eigenvalue weighted by Crippen LogP contribution is 2.25. The molecule has 1 saturated heterocycles. The Morgan fingerprint density at radius 2 is 1.95 bits per heavy atom. The fraction of sp³-hybridized carbons (Fsp3) is 0.625.